The van der Waals surface area contributed by atoms with Gasteiger partial charge in [0, 0.05) is 19.5 Å². The van der Waals surface area contributed by atoms with Crippen LogP contribution in [0.4, 0.5) is 4.79 Å². The fraction of sp³-hybridized carbons (Fsp3) is 0.800. The lowest BCUT2D eigenvalue weighted by Crippen LogP contribution is -2.47. The third kappa shape index (κ3) is 3.77. The van der Waals surface area contributed by atoms with Crippen molar-refractivity contribution < 1.29 is 9.59 Å². The lowest BCUT2D eigenvalue weighted by molar-refractivity contribution is -0.127. The summed E-state index contributed by atoms with van der Waals surface area (Å²) in [6.07, 6.45) is 1.81. The molecule has 1 unspecified atom stereocenters. The largest absolute Gasteiger partial charge is 0.338 e. The van der Waals surface area contributed by atoms with E-state index in [1.807, 2.05) is 20.8 Å². The highest BCUT2D eigenvalue weighted by molar-refractivity contribution is 5.93. The summed E-state index contributed by atoms with van der Waals surface area (Å²) >= 11 is 0. The van der Waals surface area contributed by atoms with Crippen molar-refractivity contribution in [2.24, 2.45) is 0 Å². The lowest BCUT2D eigenvalue weighted by Gasteiger charge is -2.25. The molecule has 14 heavy (non-hydrogen) atoms. The minimum Gasteiger partial charge on any atom is -0.338 e. The van der Waals surface area contributed by atoms with Gasteiger partial charge in [-0.05, 0) is 20.3 Å². The molecule has 0 rings (SSSR count). The molecular weight excluding hydrogens is 180 g/mol. The average Bonchev–Trinajstić information content (AvgIpc) is 2.04. The number of carbonyl (C=O) groups is 2. The minimum absolute atomic E-state index is 0.0240. The maximum atomic E-state index is 11.5. The first-order valence-electron chi connectivity index (χ1n) is 5.12. The molecule has 4 nitrogen and oxygen atoms in total. The Bertz CT molecular complexity index is 204. The zero-order chi connectivity index (χ0) is 11.1. The van der Waals surface area contributed by atoms with Crippen molar-refractivity contribution in [1.82, 2.24) is 10.2 Å². The van der Waals surface area contributed by atoms with E-state index in [9.17, 15) is 9.59 Å². The summed E-state index contributed by atoms with van der Waals surface area (Å²) in [5, 5.41) is 2.63. The van der Waals surface area contributed by atoms with Crippen LogP contribution in [0.3, 0.4) is 0 Å². The van der Waals surface area contributed by atoms with E-state index >= 15 is 0 Å². The highest BCUT2D eigenvalue weighted by Gasteiger charge is 2.22. The maximum Gasteiger partial charge on any atom is 0.324 e. The smallest absolute Gasteiger partial charge is 0.324 e. The van der Waals surface area contributed by atoms with Gasteiger partial charge in [0.2, 0.25) is 5.91 Å². The van der Waals surface area contributed by atoms with Crippen LogP contribution in [0.1, 0.15) is 40.5 Å². The molecule has 0 aliphatic rings. The first kappa shape index (κ1) is 12.9. The second kappa shape index (κ2) is 6.40. The minimum atomic E-state index is -0.291. The molecule has 0 aliphatic carbocycles. The summed E-state index contributed by atoms with van der Waals surface area (Å²) in [7, 11) is 0. The molecule has 3 amide bonds. The predicted molar refractivity (Wildman–Crippen MR) is 56.0 cm³/mol. The van der Waals surface area contributed by atoms with Crippen LogP contribution in [0.15, 0.2) is 0 Å². The monoisotopic (exact) mass is 200 g/mol. The van der Waals surface area contributed by atoms with Gasteiger partial charge in [-0.3, -0.25) is 9.69 Å². The molecular formula is C10H20N2O2. The highest BCUT2D eigenvalue weighted by atomic mass is 16.2. The number of imide groups is 1. The zero-order valence-corrected chi connectivity index (χ0v) is 9.46. The number of rotatable bonds is 4. The Morgan fingerprint density at radius 2 is 1.93 bits per heavy atom. The van der Waals surface area contributed by atoms with Crippen LogP contribution >= 0.6 is 0 Å². The first-order chi connectivity index (χ1) is 6.54. The normalized spacial score (nSPS) is 12.0. The molecule has 0 heterocycles. The molecule has 0 aliphatic heterocycles. The van der Waals surface area contributed by atoms with Crippen molar-refractivity contribution in [3.63, 3.8) is 0 Å². The number of nitrogens with zero attached hydrogens (tertiary/aromatic N) is 1. The SMILES string of the molecule is CCCC(C)N(C(C)=O)C(=O)NCC. The Balaban J connectivity index is 4.42. The van der Waals surface area contributed by atoms with Crippen LogP contribution in [-0.4, -0.2) is 29.4 Å². The van der Waals surface area contributed by atoms with Gasteiger partial charge in [0.05, 0.1) is 0 Å². The molecule has 0 fully saturated rings. The van der Waals surface area contributed by atoms with E-state index in [0.717, 1.165) is 12.8 Å². The number of hydrogen-bond donors (Lipinski definition) is 1. The summed E-state index contributed by atoms with van der Waals surface area (Å²) in [6, 6.07) is -0.315. The summed E-state index contributed by atoms with van der Waals surface area (Å²) in [6.45, 7) is 7.72. The number of urea groups is 1. The molecule has 1 N–H and O–H groups in total. The third-order valence-corrected chi connectivity index (χ3v) is 2.03. The lowest BCUT2D eigenvalue weighted by atomic mass is 10.1. The van der Waals surface area contributed by atoms with Crippen molar-refractivity contribution in [3.8, 4) is 0 Å². The second-order valence-electron chi connectivity index (χ2n) is 3.36. The Hall–Kier alpha value is -1.06. The van der Waals surface area contributed by atoms with Gasteiger partial charge in [0.1, 0.15) is 0 Å². The van der Waals surface area contributed by atoms with E-state index in [4.69, 9.17) is 0 Å². The van der Waals surface area contributed by atoms with Crippen LogP contribution in [0.25, 0.3) is 0 Å². The Morgan fingerprint density at radius 1 is 1.36 bits per heavy atom. The Morgan fingerprint density at radius 3 is 2.29 bits per heavy atom. The van der Waals surface area contributed by atoms with Gasteiger partial charge in [0.25, 0.3) is 0 Å². The molecule has 0 aromatic carbocycles. The fourth-order valence-corrected chi connectivity index (χ4v) is 1.44. The van der Waals surface area contributed by atoms with Crippen LogP contribution in [0, 0.1) is 0 Å². The summed E-state index contributed by atoms with van der Waals surface area (Å²) in [4.78, 5) is 24.0. The quantitative estimate of drug-likeness (QED) is 0.751. The van der Waals surface area contributed by atoms with Crippen LogP contribution in [0.5, 0.6) is 0 Å². The first-order valence-corrected chi connectivity index (χ1v) is 5.12. The molecule has 0 saturated heterocycles. The molecule has 0 spiro atoms. The standard InChI is InChI=1S/C10H20N2O2/c1-5-7-8(3)12(9(4)13)10(14)11-6-2/h8H,5-7H2,1-4H3,(H,11,14). The summed E-state index contributed by atoms with van der Waals surface area (Å²) < 4.78 is 0. The third-order valence-electron chi connectivity index (χ3n) is 2.03. The highest BCUT2D eigenvalue weighted by Crippen LogP contribution is 2.06. The van der Waals surface area contributed by atoms with Crippen molar-refractivity contribution in [1.29, 1.82) is 0 Å². The maximum absolute atomic E-state index is 11.5. The van der Waals surface area contributed by atoms with E-state index < -0.39 is 0 Å². The van der Waals surface area contributed by atoms with Gasteiger partial charge >= 0.3 is 6.03 Å². The van der Waals surface area contributed by atoms with Crippen LogP contribution in [-0.2, 0) is 4.79 Å². The van der Waals surface area contributed by atoms with Gasteiger partial charge in [-0.15, -0.1) is 0 Å². The van der Waals surface area contributed by atoms with Gasteiger partial charge < -0.3 is 5.32 Å². The molecule has 1 atom stereocenters. The molecule has 82 valence electrons. The summed E-state index contributed by atoms with van der Waals surface area (Å²) in [5.74, 6) is -0.197. The average molecular weight is 200 g/mol. The Labute approximate surface area is 85.7 Å². The van der Waals surface area contributed by atoms with Crippen molar-refractivity contribution in [2.45, 2.75) is 46.6 Å². The van der Waals surface area contributed by atoms with E-state index in [-0.39, 0.29) is 18.0 Å². The van der Waals surface area contributed by atoms with Gasteiger partial charge in [0.15, 0.2) is 0 Å². The molecule has 0 radical (unpaired) electrons. The zero-order valence-electron chi connectivity index (χ0n) is 9.46. The van der Waals surface area contributed by atoms with Crippen LogP contribution in [0.2, 0.25) is 0 Å². The van der Waals surface area contributed by atoms with Crippen molar-refractivity contribution in [3.05, 3.63) is 0 Å². The van der Waals surface area contributed by atoms with E-state index in [2.05, 4.69) is 5.32 Å². The van der Waals surface area contributed by atoms with Gasteiger partial charge in [-0.2, -0.15) is 0 Å². The van der Waals surface area contributed by atoms with Crippen LogP contribution < -0.4 is 5.32 Å². The fourth-order valence-electron chi connectivity index (χ4n) is 1.44. The molecule has 0 aromatic heterocycles. The molecule has 0 aromatic rings. The topological polar surface area (TPSA) is 49.4 Å². The predicted octanol–water partition coefficient (Wildman–Crippen LogP) is 1.75. The number of carbonyl (C=O) groups excluding carboxylic acids is 2. The van der Waals surface area contributed by atoms with Gasteiger partial charge in [-0.25, -0.2) is 4.79 Å². The summed E-state index contributed by atoms with van der Waals surface area (Å²) in [5.41, 5.74) is 0. The second-order valence-corrected chi connectivity index (χ2v) is 3.36. The molecule has 0 saturated carbocycles. The van der Waals surface area contributed by atoms with Gasteiger partial charge in [-0.1, -0.05) is 13.3 Å². The number of hydrogen-bond acceptors (Lipinski definition) is 2. The van der Waals surface area contributed by atoms with Crippen molar-refractivity contribution in [2.75, 3.05) is 6.54 Å². The molecule has 4 heteroatoms. The molecule has 0 bridgehead atoms. The van der Waals surface area contributed by atoms with E-state index in [1.54, 1.807) is 0 Å². The number of nitrogens with one attached hydrogen (secondary N) is 1. The number of amides is 3. The Kier molecular flexibility index (Phi) is 5.92. The van der Waals surface area contributed by atoms with E-state index in [0.29, 0.717) is 6.54 Å². The van der Waals surface area contributed by atoms with E-state index in [1.165, 1.54) is 11.8 Å². The van der Waals surface area contributed by atoms with Crippen molar-refractivity contribution >= 4 is 11.9 Å².